The zero-order valence-corrected chi connectivity index (χ0v) is 12.5. The van der Waals surface area contributed by atoms with E-state index in [2.05, 4.69) is 15.4 Å². The van der Waals surface area contributed by atoms with Crippen molar-refractivity contribution in [3.8, 4) is 5.75 Å². The Hall–Kier alpha value is -2.38. The van der Waals surface area contributed by atoms with Crippen LogP contribution in [0.5, 0.6) is 5.75 Å². The molecule has 126 valence electrons. The maximum Gasteiger partial charge on any atom is 0.387 e. The van der Waals surface area contributed by atoms with E-state index in [9.17, 15) is 23.5 Å². The number of rotatable bonds is 7. The molecule has 1 fully saturated rings. The predicted molar refractivity (Wildman–Crippen MR) is 78.6 cm³/mol. The number of nitrogens with one attached hydrogen (secondary N) is 2. The monoisotopic (exact) mass is 328 g/mol. The van der Waals surface area contributed by atoms with Crippen molar-refractivity contribution < 1.29 is 28.2 Å². The first kappa shape index (κ1) is 17.0. The van der Waals surface area contributed by atoms with Gasteiger partial charge in [-0.1, -0.05) is 6.92 Å². The van der Waals surface area contributed by atoms with Crippen LogP contribution in [0.1, 0.15) is 26.2 Å². The van der Waals surface area contributed by atoms with E-state index in [1.807, 2.05) is 0 Å². The van der Waals surface area contributed by atoms with Gasteiger partial charge >= 0.3 is 18.6 Å². The quantitative estimate of drug-likeness (QED) is 0.718. The molecule has 2 rings (SSSR count). The summed E-state index contributed by atoms with van der Waals surface area (Å²) in [5.74, 6) is -1.16. The van der Waals surface area contributed by atoms with Gasteiger partial charge in [-0.05, 0) is 49.4 Å². The maximum atomic E-state index is 12.1. The Morgan fingerprint density at radius 1 is 1.35 bits per heavy atom. The average molecular weight is 328 g/mol. The molecule has 1 saturated carbocycles. The maximum absolute atomic E-state index is 12.1. The molecular weight excluding hydrogens is 310 g/mol. The van der Waals surface area contributed by atoms with Crippen molar-refractivity contribution in [3.05, 3.63) is 24.3 Å². The van der Waals surface area contributed by atoms with Crippen molar-refractivity contribution in [2.24, 2.45) is 5.92 Å². The van der Waals surface area contributed by atoms with Crippen LogP contribution in [0.3, 0.4) is 0 Å². The Kier molecular flexibility index (Phi) is 5.02. The van der Waals surface area contributed by atoms with Gasteiger partial charge in [-0.3, -0.25) is 0 Å². The lowest BCUT2D eigenvalue weighted by atomic mass is 9.90. The second-order valence-electron chi connectivity index (χ2n) is 5.39. The molecule has 2 amide bonds. The molecule has 1 aromatic rings. The van der Waals surface area contributed by atoms with Gasteiger partial charge < -0.3 is 20.5 Å². The van der Waals surface area contributed by atoms with E-state index < -0.39 is 24.2 Å². The first-order valence-corrected chi connectivity index (χ1v) is 7.25. The molecule has 1 aliphatic rings. The molecule has 1 aromatic carbocycles. The molecule has 1 unspecified atom stereocenters. The molecule has 1 atom stereocenters. The Labute approximate surface area is 131 Å². The van der Waals surface area contributed by atoms with Crippen LogP contribution in [0, 0.1) is 5.92 Å². The number of ether oxygens (including phenoxy) is 1. The zero-order valence-electron chi connectivity index (χ0n) is 12.5. The summed E-state index contributed by atoms with van der Waals surface area (Å²) in [6.07, 6.45) is 1.81. The van der Waals surface area contributed by atoms with Gasteiger partial charge in [0.1, 0.15) is 11.3 Å². The van der Waals surface area contributed by atoms with E-state index in [-0.39, 0.29) is 18.1 Å². The molecule has 0 saturated heterocycles. The van der Waals surface area contributed by atoms with Crippen LogP contribution in [0.4, 0.5) is 19.3 Å². The molecular formula is C15H18F2N2O4. The van der Waals surface area contributed by atoms with Crippen molar-refractivity contribution in [3.63, 3.8) is 0 Å². The highest BCUT2D eigenvalue weighted by Gasteiger charge is 2.51. The molecule has 3 N–H and O–H groups in total. The Balaban J connectivity index is 1.99. The van der Waals surface area contributed by atoms with Crippen LogP contribution in [-0.4, -0.2) is 29.3 Å². The van der Waals surface area contributed by atoms with Crippen LogP contribution >= 0.6 is 0 Å². The minimum absolute atomic E-state index is 0.0302. The molecule has 0 heterocycles. The number of carbonyl (C=O) groups excluding carboxylic acids is 1. The van der Waals surface area contributed by atoms with Gasteiger partial charge in [-0.15, -0.1) is 0 Å². The number of anilines is 1. The Morgan fingerprint density at radius 3 is 2.39 bits per heavy atom. The largest absolute Gasteiger partial charge is 0.479 e. The summed E-state index contributed by atoms with van der Waals surface area (Å²) in [5.41, 5.74) is -0.932. The van der Waals surface area contributed by atoms with Crippen molar-refractivity contribution >= 4 is 17.7 Å². The summed E-state index contributed by atoms with van der Waals surface area (Å²) >= 11 is 0. The van der Waals surface area contributed by atoms with Crippen LogP contribution in [0.2, 0.25) is 0 Å². The third kappa shape index (κ3) is 4.08. The van der Waals surface area contributed by atoms with Crippen molar-refractivity contribution in [1.29, 1.82) is 0 Å². The molecule has 23 heavy (non-hydrogen) atoms. The number of carboxylic acids is 1. The van der Waals surface area contributed by atoms with Gasteiger partial charge in [0.25, 0.3) is 0 Å². The van der Waals surface area contributed by atoms with Gasteiger partial charge in [-0.25, -0.2) is 9.59 Å². The fourth-order valence-corrected chi connectivity index (χ4v) is 2.52. The lowest BCUT2D eigenvalue weighted by Gasteiger charge is -2.29. The third-order valence-electron chi connectivity index (χ3n) is 3.89. The van der Waals surface area contributed by atoms with Gasteiger partial charge in [0, 0.05) is 5.69 Å². The lowest BCUT2D eigenvalue weighted by molar-refractivity contribution is -0.145. The summed E-state index contributed by atoms with van der Waals surface area (Å²) in [4.78, 5) is 23.6. The molecule has 1 aliphatic carbocycles. The zero-order chi connectivity index (χ0) is 17.0. The number of urea groups is 1. The number of carboxylic acid groups (broad SMARTS) is 1. The Bertz CT molecular complexity index is 575. The van der Waals surface area contributed by atoms with E-state index >= 15 is 0 Å². The minimum Gasteiger partial charge on any atom is -0.479 e. The van der Waals surface area contributed by atoms with E-state index in [1.165, 1.54) is 24.3 Å². The second-order valence-corrected chi connectivity index (χ2v) is 5.39. The number of halogens is 2. The second kappa shape index (κ2) is 6.80. The highest BCUT2D eigenvalue weighted by atomic mass is 19.3. The molecule has 6 nitrogen and oxygen atoms in total. The summed E-state index contributed by atoms with van der Waals surface area (Å²) in [7, 11) is 0. The van der Waals surface area contributed by atoms with Crippen LogP contribution in [0.25, 0.3) is 0 Å². The van der Waals surface area contributed by atoms with Crippen LogP contribution < -0.4 is 15.4 Å². The third-order valence-corrected chi connectivity index (χ3v) is 3.89. The predicted octanol–water partition coefficient (Wildman–Crippen LogP) is 3.05. The van der Waals surface area contributed by atoms with Gasteiger partial charge in [0.2, 0.25) is 0 Å². The smallest absolute Gasteiger partial charge is 0.387 e. The summed E-state index contributed by atoms with van der Waals surface area (Å²) < 4.78 is 28.3. The number of hydrogen-bond acceptors (Lipinski definition) is 3. The summed E-state index contributed by atoms with van der Waals surface area (Å²) in [6, 6.07) is 4.70. The standard InChI is InChI=1S/C15H18F2N2O4/c1-2-15(12(20)21,9-3-4-9)19-14(22)18-10-5-7-11(8-6-10)23-13(16)17/h5-9,13H,2-4H2,1H3,(H,20,21)(H2,18,19,22). The van der Waals surface area contributed by atoms with Crippen LogP contribution in [-0.2, 0) is 4.79 Å². The first-order chi connectivity index (χ1) is 10.9. The van der Waals surface area contributed by atoms with Crippen molar-refractivity contribution in [2.45, 2.75) is 38.3 Å². The highest BCUT2D eigenvalue weighted by Crippen LogP contribution is 2.41. The van der Waals surface area contributed by atoms with Crippen LogP contribution in [0.15, 0.2) is 24.3 Å². The first-order valence-electron chi connectivity index (χ1n) is 7.25. The SMILES string of the molecule is CCC(NC(=O)Nc1ccc(OC(F)F)cc1)(C(=O)O)C1CC1. The van der Waals surface area contributed by atoms with Crippen molar-refractivity contribution in [1.82, 2.24) is 5.32 Å². The van der Waals surface area contributed by atoms with Crippen molar-refractivity contribution in [2.75, 3.05) is 5.32 Å². The highest BCUT2D eigenvalue weighted by molar-refractivity contribution is 5.94. The molecule has 0 bridgehead atoms. The summed E-state index contributed by atoms with van der Waals surface area (Å²) in [5, 5.41) is 14.5. The van der Waals surface area contributed by atoms with Gasteiger partial charge in [0.15, 0.2) is 0 Å². The number of aliphatic carboxylic acids is 1. The number of alkyl halides is 2. The van der Waals surface area contributed by atoms with E-state index in [0.29, 0.717) is 5.69 Å². The molecule has 0 spiro atoms. The summed E-state index contributed by atoms with van der Waals surface area (Å²) in [6.45, 7) is -1.21. The van der Waals surface area contributed by atoms with E-state index in [4.69, 9.17) is 0 Å². The van der Waals surface area contributed by atoms with E-state index in [1.54, 1.807) is 6.92 Å². The Morgan fingerprint density at radius 2 is 1.96 bits per heavy atom. The van der Waals surface area contributed by atoms with E-state index in [0.717, 1.165) is 12.8 Å². The number of amides is 2. The van der Waals surface area contributed by atoms with Gasteiger partial charge in [0.05, 0.1) is 0 Å². The fraction of sp³-hybridized carbons (Fsp3) is 0.467. The average Bonchev–Trinajstić information content (AvgIpc) is 3.31. The van der Waals surface area contributed by atoms with Gasteiger partial charge in [-0.2, -0.15) is 8.78 Å². The molecule has 8 heteroatoms. The normalized spacial score (nSPS) is 16.5. The lowest BCUT2D eigenvalue weighted by Crippen LogP contribution is -2.57. The topological polar surface area (TPSA) is 87.7 Å². The number of carbonyl (C=O) groups is 2. The minimum atomic E-state index is -2.92. The molecule has 0 radical (unpaired) electrons. The number of benzene rings is 1. The fourth-order valence-electron chi connectivity index (χ4n) is 2.52. The molecule has 0 aliphatic heterocycles. The number of hydrogen-bond donors (Lipinski definition) is 3. The molecule has 0 aromatic heterocycles.